The van der Waals surface area contributed by atoms with E-state index in [0.29, 0.717) is 4.83 Å². The monoisotopic (exact) mass is 362 g/mol. The van der Waals surface area contributed by atoms with Gasteiger partial charge in [0.25, 0.3) is 5.56 Å². The molecule has 0 saturated heterocycles. The van der Waals surface area contributed by atoms with Crippen LogP contribution in [0.5, 0.6) is 0 Å². The number of alkyl halides is 1. The molecule has 0 aliphatic heterocycles. The molecule has 0 radical (unpaired) electrons. The van der Waals surface area contributed by atoms with E-state index in [1.54, 1.807) is 0 Å². The molecule has 0 amide bonds. The predicted molar refractivity (Wildman–Crippen MR) is 92.9 cm³/mol. The number of thiophene rings is 1. The molecule has 130 valence electrons. The van der Waals surface area contributed by atoms with Crippen LogP contribution >= 0.6 is 11.3 Å². The normalized spacial score (nSPS) is 11.0. The lowest BCUT2D eigenvalue weighted by atomic mass is 10.2. The van der Waals surface area contributed by atoms with Gasteiger partial charge in [-0.1, -0.05) is 30.3 Å². The van der Waals surface area contributed by atoms with E-state index in [0.717, 1.165) is 21.5 Å². The van der Waals surface area contributed by atoms with Crippen LogP contribution in [0.25, 0.3) is 10.2 Å². The number of halogens is 1. The minimum Gasteiger partial charge on any atom is -0.457 e. The molecular weight excluding hydrogens is 347 g/mol. The SMILES string of the molecule is Cn1c(=O)n(CCF)c(=O)c2cc(C(=O)OCc3ccccc3)sc21. The fraction of sp³-hybridized carbons (Fsp3) is 0.235. The number of ether oxygens (including phenoxy) is 1. The average Bonchev–Trinajstić information content (AvgIpc) is 3.08. The Morgan fingerprint density at radius 3 is 2.64 bits per heavy atom. The van der Waals surface area contributed by atoms with Gasteiger partial charge in [-0.05, 0) is 11.6 Å². The van der Waals surface area contributed by atoms with E-state index in [1.165, 1.54) is 17.7 Å². The van der Waals surface area contributed by atoms with Crippen LogP contribution in [0.4, 0.5) is 4.39 Å². The van der Waals surface area contributed by atoms with Gasteiger partial charge >= 0.3 is 11.7 Å². The van der Waals surface area contributed by atoms with Crippen LogP contribution in [0.3, 0.4) is 0 Å². The molecule has 2 aromatic heterocycles. The van der Waals surface area contributed by atoms with Gasteiger partial charge < -0.3 is 4.74 Å². The van der Waals surface area contributed by atoms with E-state index in [-0.39, 0.29) is 23.4 Å². The van der Waals surface area contributed by atoms with E-state index >= 15 is 0 Å². The maximum absolute atomic E-state index is 12.6. The summed E-state index contributed by atoms with van der Waals surface area (Å²) in [6.45, 7) is -1.03. The number of esters is 1. The highest BCUT2D eigenvalue weighted by atomic mass is 32.1. The van der Waals surface area contributed by atoms with Crippen LogP contribution in [0, 0.1) is 0 Å². The molecule has 0 saturated carbocycles. The first-order chi connectivity index (χ1) is 12.0. The van der Waals surface area contributed by atoms with Gasteiger partial charge in [0.2, 0.25) is 0 Å². The van der Waals surface area contributed by atoms with Crippen LogP contribution in [0.2, 0.25) is 0 Å². The van der Waals surface area contributed by atoms with Gasteiger partial charge in [0, 0.05) is 7.05 Å². The molecule has 0 spiro atoms. The lowest BCUT2D eigenvalue weighted by molar-refractivity contribution is 0.0478. The summed E-state index contributed by atoms with van der Waals surface area (Å²) in [4.78, 5) is 37.3. The number of carbonyl (C=O) groups excluding carboxylic acids is 1. The molecule has 3 rings (SSSR count). The Morgan fingerprint density at radius 1 is 1.24 bits per heavy atom. The third-order valence-electron chi connectivity index (χ3n) is 3.73. The van der Waals surface area contributed by atoms with Gasteiger partial charge in [-0.3, -0.25) is 13.9 Å². The van der Waals surface area contributed by atoms with Crippen molar-refractivity contribution in [1.29, 1.82) is 0 Å². The second kappa shape index (κ2) is 7.02. The van der Waals surface area contributed by atoms with Gasteiger partial charge in [-0.15, -0.1) is 11.3 Å². The minimum atomic E-state index is -0.823. The Kier molecular flexibility index (Phi) is 4.80. The third-order valence-corrected chi connectivity index (χ3v) is 4.92. The molecule has 0 aliphatic carbocycles. The van der Waals surface area contributed by atoms with Crippen LogP contribution in [-0.2, 0) is 24.9 Å². The van der Waals surface area contributed by atoms with Gasteiger partial charge in [0.05, 0.1) is 11.9 Å². The summed E-state index contributed by atoms with van der Waals surface area (Å²) < 4.78 is 19.9. The first-order valence-corrected chi connectivity index (χ1v) is 8.35. The minimum absolute atomic E-state index is 0.110. The standard InChI is InChI=1S/C17H15FN2O4S/c1-19-15-12(14(21)20(8-7-18)17(19)23)9-13(25-15)16(22)24-10-11-5-3-2-4-6-11/h2-6,9H,7-8,10H2,1H3. The fourth-order valence-electron chi connectivity index (χ4n) is 2.46. The van der Waals surface area contributed by atoms with Crippen molar-refractivity contribution < 1.29 is 13.9 Å². The molecule has 3 aromatic rings. The zero-order chi connectivity index (χ0) is 18.0. The summed E-state index contributed by atoms with van der Waals surface area (Å²) in [5.41, 5.74) is -0.370. The first-order valence-electron chi connectivity index (χ1n) is 7.53. The van der Waals surface area contributed by atoms with Gasteiger partial charge in [-0.25, -0.2) is 14.0 Å². The lowest BCUT2D eigenvalue weighted by Crippen LogP contribution is -2.39. The molecule has 0 unspecified atom stereocenters. The van der Waals surface area contributed by atoms with Crippen LogP contribution in [-0.4, -0.2) is 21.8 Å². The second-order valence-electron chi connectivity index (χ2n) is 5.38. The number of nitrogens with zero attached hydrogens (tertiary/aromatic N) is 2. The summed E-state index contributed by atoms with van der Waals surface area (Å²) in [6.07, 6.45) is 0. The molecule has 0 bridgehead atoms. The first kappa shape index (κ1) is 17.1. The molecule has 0 N–H and O–H groups in total. The number of aryl methyl sites for hydroxylation is 1. The number of aromatic nitrogens is 2. The van der Waals surface area contributed by atoms with E-state index < -0.39 is 23.9 Å². The summed E-state index contributed by atoms with van der Waals surface area (Å²) in [5.74, 6) is -0.575. The van der Waals surface area contributed by atoms with Crippen molar-refractivity contribution in [3.8, 4) is 0 Å². The van der Waals surface area contributed by atoms with Crippen molar-refractivity contribution >= 4 is 27.5 Å². The molecule has 1 aromatic carbocycles. The quantitative estimate of drug-likeness (QED) is 0.652. The van der Waals surface area contributed by atoms with Gasteiger partial charge in [-0.2, -0.15) is 0 Å². The van der Waals surface area contributed by atoms with E-state index in [2.05, 4.69) is 0 Å². The van der Waals surface area contributed by atoms with Crippen molar-refractivity contribution in [3.63, 3.8) is 0 Å². The summed E-state index contributed by atoms with van der Waals surface area (Å²) in [5, 5.41) is 0.201. The number of hydrogen-bond acceptors (Lipinski definition) is 5. The number of benzene rings is 1. The Balaban J connectivity index is 1.94. The Labute approximate surface area is 145 Å². The van der Waals surface area contributed by atoms with E-state index in [9.17, 15) is 18.8 Å². The zero-order valence-electron chi connectivity index (χ0n) is 13.4. The highest BCUT2D eigenvalue weighted by Gasteiger charge is 2.18. The Morgan fingerprint density at radius 2 is 1.96 bits per heavy atom. The predicted octanol–water partition coefficient (Wildman–Crippen LogP) is 2.09. The highest BCUT2D eigenvalue weighted by Crippen LogP contribution is 2.22. The van der Waals surface area contributed by atoms with Crippen LogP contribution in [0.1, 0.15) is 15.2 Å². The lowest BCUT2D eigenvalue weighted by Gasteiger charge is -2.05. The van der Waals surface area contributed by atoms with E-state index in [1.807, 2.05) is 30.3 Å². The topological polar surface area (TPSA) is 70.3 Å². The fourth-order valence-corrected chi connectivity index (χ4v) is 3.46. The molecule has 0 atom stereocenters. The van der Waals surface area contributed by atoms with Gasteiger partial charge in [0.1, 0.15) is 23.0 Å². The molecule has 2 heterocycles. The highest BCUT2D eigenvalue weighted by molar-refractivity contribution is 7.20. The van der Waals surface area contributed by atoms with Crippen LogP contribution < -0.4 is 11.2 Å². The van der Waals surface area contributed by atoms with Gasteiger partial charge in [0.15, 0.2) is 0 Å². The zero-order valence-corrected chi connectivity index (χ0v) is 14.2. The smallest absolute Gasteiger partial charge is 0.348 e. The Hall–Kier alpha value is -2.74. The Bertz CT molecular complexity index is 1040. The second-order valence-corrected chi connectivity index (χ2v) is 6.41. The van der Waals surface area contributed by atoms with Crippen molar-refractivity contribution in [2.24, 2.45) is 7.05 Å². The molecular formula is C17H15FN2O4S. The molecule has 0 fully saturated rings. The maximum atomic E-state index is 12.6. The molecule has 8 heteroatoms. The number of carbonyl (C=O) groups is 1. The van der Waals surface area contributed by atoms with Crippen LogP contribution in [0.15, 0.2) is 46.0 Å². The van der Waals surface area contributed by atoms with E-state index in [4.69, 9.17) is 4.74 Å². The summed E-state index contributed by atoms with van der Waals surface area (Å²) >= 11 is 1.00. The molecule has 25 heavy (non-hydrogen) atoms. The summed E-state index contributed by atoms with van der Waals surface area (Å²) in [7, 11) is 1.48. The molecule has 0 aliphatic rings. The molecule has 6 nitrogen and oxygen atoms in total. The van der Waals surface area contributed by atoms with Crippen molar-refractivity contribution in [3.05, 3.63) is 67.7 Å². The third kappa shape index (κ3) is 3.25. The number of rotatable bonds is 5. The largest absolute Gasteiger partial charge is 0.457 e. The number of fused-ring (bicyclic) bond motifs is 1. The van der Waals surface area contributed by atoms with Crippen molar-refractivity contribution in [1.82, 2.24) is 9.13 Å². The number of hydrogen-bond donors (Lipinski definition) is 0. The maximum Gasteiger partial charge on any atom is 0.348 e. The average molecular weight is 362 g/mol. The van der Waals surface area contributed by atoms with Crippen molar-refractivity contribution in [2.75, 3.05) is 6.67 Å². The van der Waals surface area contributed by atoms with Crippen molar-refractivity contribution in [2.45, 2.75) is 13.2 Å². The summed E-state index contributed by atoms with van der Waals surface area (Å²) in [6, 6.07) is 10.6.